The summed E-state index contributed by atoms with van der Waals surface area (Å²) in [5.41, 5.74) is 0. The molecule has 0 spiro atoms. The first kappa shape index (κ1) is 19.3. The van der Waals surface area contributed by atoms with E-state index in [0.29, 0.717) is 42.4 Å². The van der Waals surface area contributed by atoms with Gasteiger partial charge in [0, 0.05) is 26.5 Å². The zero-order valence-corrected chi connectivity index (χ0v) is 16.0. The molecule has 0 bridgehead atoms. The van der Waals surface area contributed by atoms with Crippen molar-refractivity contribution in [3.63, 3.8) is 0 Å². The molecular weight excluding hydrogens is 352 g/mol. The van der Waals surface area contributed by atoms with Crippen molar-refractivity contribution in [2.24, 2.45) is 0 Å². The van der Waals surface area contributed by atoms with Gasteiger partial charge in [-0.15, -0.1) is 0 Å². The second-order valence-electron chi connectivity index (χ2n) is 6.85. The molecule has 2 aromatic rings. The molecule has 0 radical (unpaired) electrons. The Bertz CT molecular complexity index is 739. The van der Waals surface area contributed by atoms with Crippen molar-refractivity contribution in [3.8, 4) is 0 Å². The van der Waals surface area contributed by atoms with Crippen LogP contribution in [0.15, 0.2) is 9.05 Å². The quantitative estimate of drug-likeness (QED) is 0.742. The van der Waals surface area contributed by atoms with Crippen molar-refractivity contribution in [2.75, 3.05) is 20.8 Å². The third-order valence-corrected chi connectivity index (χ3v) is 4.64. The van der Waals surface area contributed by atoms with Crippen LogP contribution in [0.5, 0.6) is 0 Å². The number of hydrogen-bond donors (Lipinski definition) is 1. The Morgan fingerprint density at radius 2 is 2.00 bits per heavy atom. The Balaban J connectivity index is 1.50. The highest BCUT2D eigenvalue weighted by Gasteiger charge is 2.24. The fraction of sp³-hybridized carbons (Fsp3) is 0.706. The molecule has 1 aliphatic rings. The molecule has 1 aliphatic carbocycles. The summed E-state index contributed by atoms with van der Waals surface area (Å²) in [7, 11) is 3.28. The maximum atomic E-state index is 12.4. The molecular formula is C17H26N6O4. The van der Waals surface area contributed by atoms with Gasteiger partial charge in [0.15, 0.2) is 11.6 Å². The van der Waals surface area contributed by atoms with Gasteiger partial charge in [-0.05, 0) is 19.8 Å². The molecule has 2 amide bonds. The van der Waals surface area contributed by atoms with Crippen molar-refractivity contribution in [1.82, 2.24) is 30.5 Å². The lowest BCUT2D eigenvalue weighted by atomic mass is 10.1. The summed E-state index contributed by atoms with van der Waals surface area (Å²) in [6.07, 6.45) is 5.14. The number of methoxy groups -OCH3 is 1. The topological polar surface area (TPSA) is 119 Å². The molecule has 2 aromatic heterocycles. The highest BCUT2D eigenvalue weighted by molar-refractivity contribution is 5.74. The van der Waals surface area contributed by atoms with Gasteiger partial charge < -0.3 is 24.0 Å². The molecule has 1 saturated carbocycles. The van der Waals surface area contributed by atoms with Crippen molar-refractivity contribution >= 4 is 6.03 Å². The normalized spacial score (nSPS) is 15.8. The van der Waals surface area contributed by atoms with E-state index in [9.17, 15) is 4.79 Å². The lowest BCUT2D eigenvalue weighted by molar-refractivity contribution is 0.198. The molecule has 1 fully saturated rings. The zero-order chi connectivity index (χ0) is 19.2. The Morgan fingerprint density at radius 3 is 2.74 bits per heavy atom. The third-order valence-electron chi connectivity index (χ3n) is 4.64. The first-order valence-corrected chi connectivity index (χ1v) is 9.22. The van der Waals surface area contributed by atoms with Crippen molar-refractivity contribution in [2.45, 2.75) is 57.5 Å². The van der Waals surface area contributed by atoms with E-state index in [1.807, 2.05) is 0 Å². The van der Waals surface area contributed by atoms with Crippen LogP contribution in [0.25, 0.3) is 0 Å². The zero-order valence-electron chi connectivity index (χ0n) is 16.0. The minimum Gasteiger partial charge on any atom is -0.384 e. The number of nitrogens with zero attached hydrogens (tertiary/aromatic N) is 5. The number of hydrogen-bond acceptors (Lipinski definition) is 8. The van der Waals surface area contributed by atoms with Crippen LogP contribution in [-0.4, -0.2) is 52.0 Å². The number of carbonyl (C=O) groups excluding carboxylic acids is 1. The van der Waals surface area contributed by atoms with E-state index in [4.69, 9.17) is 13.8 Å². The smallest absolute Gasteiger partial charge is 0.318 e. The summed E-state index contributed by atoms with van der Waals surface area (Å²) in [6.45, 7) is 2.56. The summed E-state index contributed by atoms with van der Waals surface area (Å²) in [4.78, 5) is 22.6. The van der Waals surface area contributed by atoms with Gasteiger partial charge in [0.2, 0.25) is 11.8 Å². The Kier molecular flexibility index (Phi) is 6.38. The second-order valence-corrected chi connectivity index (χ2v) is 6.85. The van der Waals surface area contributed by atoms with E-state index in [1.54, 1.807) is 21.1 Å². The van der Waals surface area contributed by atoms with Crippen LogP contribution in [0.2, 0.25) is 0 Å². The summed E-state index contributed by atoms with van der Waals surface area (Å²) in [5, 5.41) is 10.7. The van der Waals surface area contributed by atoms with E-state index >= 15 is 0 Å². The highest BCUT2D eigenvalue weighted by Crippen LogP contribution is 2.32. The van der Waals surface area contributed by atoms with Crippen LogP contribution < -0.4 is 5.32 Å². The van der Waals surface area contributed by atoms with Crippen molar-refractivity contribution < 1.29 is 18.6 Å². The summed E-state index contributed by atoms with van der Waals surface area (Å²) in [6, 6.07) is -0.700. The molecule has 1 N–H and O–H groups in total. The maximum Gasteiger partial charge on any atom is 0.318 e. The highest BCUT2D eigenvalue weighted by atomic mass is 16.5. The van der Waals surface area contributed by atoms with Gasteiger partial charge in [-0.25, -0.2) is 4.79 Å². The van der Waals surface area contributed by atoms with Gasteiger partial charge in [-0.2, -0.15) is 9.97 Å². The van der Waals surface area contributed by atoms with Gasteiger partial charge in [-0.1, -0.05) is 23.2 Å². The molecule has 0 saturated heterocycles. The number of aromatic nitrogens is 4. The molecule has 0 aliphatic heterocycles. The number of nitrogens with one attached hydrogen (secondary N) is 1. The van der Waals surface area contributed by atoms with Gasteiger partial charge in [0.1, 0.15) is 6.04 Å². The van der Waals surface area contributed by atoms with Crippen LogP contribution >= 0.6 is 0 Å². The van der Waals surface area contributed by atoms with Gasteiger partial charge >= 0.3 is 6.03 Å². The summed E-state index contributed by atoms with van der Waals surface area (Å²) < 4.78 is 15.5. The molecule has 148 valence electrons. The van der Waals surface area contributed by atoms with Gasteiger partial charge in [-0.3, -0.25) is 0 Å². The van der Waals surface area contributed by atoms with Crippen LogP contribution in [-0.2, 0) is 17.7 Å². The predicted octanol–water partition coefficient (Wildman–Crippen LogP) is 2.20. The van der Waals surface area contributed by atoms with Crippen LogP contribution in [0.1, 0.15) is 68.0 Å². The van der Waals surface area contributed by atoms with Gasteiger partial charge in [0.05, 0.1) is 13.2 Å². The maximum absolute atomic E-state index is 12.4. The predicted molar refractivity (Wildman–Crippen MR) is 93.8 cm³/mol. The molecule has 10 heteroatoms. The number of rotatable bonds is 8. The average Bonchev–Trinajstić information content (AvgIpc) is 3.40. The molecule has 1 unspecified atom stereocenters. The number of amides is 2. The van der Waals surface area contributed by atoms with Crippen LogP contribution in [0, 0.1) is 0 Å². The third kappa shape index (κ3) is 5.03. The lowest BCUT2D eigenvalue weighted by Crippen LogP contribution is -2.38. The lowest BCUT2D eigenvalue weighted by Gasteiger charge is -2.18. The fourth-order valence-corrected chi connectivity index (χ4v) is 3.05. The molecule has 0 aromatic carbocycles. The van der Waals surface area contributed by atoms with E-state index in [1.165, 1.54) is 17.7 Å². The molecule has 10 nitrogen and oxygen atoms in total. The minimum absolute atomic E-state index is 0.262. The number of carbonyl (C=O) groups is 1. The monoisotopic (exact) mass is 378 g/mol. The fourth-order valence-electron chi connectivity index (χ4n) is 3.05. The van der Waals surface area contributed by atoms with E-state index in [0.717, 1.165) is 12.8 Å². The van der Waals surface area contributed by atoms with Gasteiger partial charge in [0.25, 0.3) is 0 Å². The minimum atomic E-state index is -0.414. The van der Waals surface area contributed by atoms with Crippen molar-refractivity contribution in [3.05, 3.63) is 23.4 Å². The van der Waals surface area contributed by atoms with E-state index in [2.05, 4.69) is 25.6 Å². The molecule has 2 heterocycles. The second kappa shape index (κ2) is 8.94. The molecule has 27 heavy (non-hydrogen) atoms. The van der Waals surface area contributed by atoms with E-state index in [-0.39, 0.29) is 12.6 Å². The van der Waals surface area contributed by atoms with Crippen LogP contribution in [0.4, 0.5) is 4.79 Å². The summed E-state index contributed by atoms with van der Waals surface area (Å²) >= 11 is 0. The molecule has 3 rings (SSSR count). The SMILES string of the molecule is COCCc1noc(C(C)NC(=O)N(C)Cc2noc(C3CCCC3)n2)n1. The Morgan fingerprint density at radius 1 is 1.26 bits per heavy atom. The largest absolute Gasteiger partial charge is 0.384 e. The first-order valence-electron chi connectivity index (χ1n) is 9.22. The average molecular weight is 378 g/mol. The molecule has 1 atom stereocenters. The Hall–Kier alpha value is -2.49. The van der Waals surface area contributed by atoms with E-state index < -0.39 is 6.04 Å². The standard InChI is InChI=1S/C17H26N6O4/c1-11(15-19-13(21-26-15)8-9-25-3)18-17(24)23(2)10-14-20-16(27-22-14)12-6-4-5-7-12/h11-12H,4-10H2,1-3H3,(H,18,24). The summed E-state index contributed by atoms with van der Waals surface area (Å²) in [5.74, 6) is 2.44. The van der Waals surface area contributed by atoms with Crippen LogP contribution in [0.3, 0.4) is 0 Å². The number of ether oxygens (including phenoxy) is 1. The Labute approximate surface area is 157 Å². The first-order chi connectivity index (χ1) is 13.1. The number of urea groups is 1. The van der Waals surface area contributed by atoms with Crippen molar-refractivity contribution in [1.29, 1.82) is 0 Å².